The molecule has 2 aromatic rings. The molecule has 0 aliphatic carbocycles. The molecular formula is C11H6BrClN2O2. The van der Waals surface area contributed by atoms with Crippen LogP contribution in [0, 0.1) is 10.1 Å². The van der Waals surface area contributed by atoms with Crippen LogP contribution in [0.1, 0.15) is 0 Å². The van der Waals surface area contributed by atoms with Crippen LogP contribution in [0.15, 0.2) is 41.0 Å². The number of rotatable bonds is 2. The Morgan fingerprint density at radius 1 is 1.29 bits per heavy atom. The van der Waals surface area contributed by atoms with E-state index in [2.05, 4.69) is 20.9 Å². The van der Waals surface area contributed by atoms with Gasteiger partial charge in [0.15, 0.2) is 0 Å². The number of pyridine rings is 1. The minimum atomic E-state index is -0.457. The first-order chi connectivity index (χ1) is 8.08. The second kappa shape index (κ2) is 4.81. The summed E-state index contributed by atoms with van der Waals surface area (Å²) in [5.41, 5.74) is 0.949. The highest BCUT2D eigenvalue weighted by molar-refractivity contribution is 9.10. The van der Waals surface area contributed by atoms with Crippen molar-refractivity contribution >= 4 is 33.2 Å². The average molecular weight is 314 g/mol. The number of aromatic nitrogens is 1. The molecule has 0 radical (unpaired) electrons. The second-order valence-corrected chi connectivity index (χ2v) is 4.64. The maximum atomic E-state index is 10.9. The minimum absolute atomic E-state index is 0.0401. The van der Waals surface area contributed by atoms with Crippen LogP contribution < -0.4 is 0 Å². The molecule has 0 saturated carbocycles. The Bertz CT molecular complexity index is 572. The minimum Gasteiger partial charge on any atom is -0.258 e. The number of nitro groups is 1. The molecule has 0 unspecified atom stereocenters. The SMILES string of the molecule is O=[N+]([O-])c1cc(Br)cnc1-c1ccc(Cl)cc1. The largest absolute Gasteiger partial charge is 0.296 e. The van der Waals surface area contributed by atoms with Gasteiger partial charge < -0.3 is 0 Å². The van der Waals surface area contributed by atoms with E-state index < -0.39 is 4.92 Å². The third-order valence-corrected chi connectivity index (χ3v) is 2.83. The van der Waals surface area contributed by atoms with E-state index in [0.717, 1.165) is 0 Å². The Kier molecular flexibility index (Phi) is 3.40. The monoisotopic (exact) mass is 312 g/mol. The summed E-state index contributed by atoms with van der Waals surface area (Å²) in [4.78, 5) is 14.5. The van der Waals surface area contributed by atoms with E-state index in [-0.39, 0.29) is 5.69 Å². The van der Waals surface area contributed by atoms with Gasteiger partial charge in [-0.1, -0.05) is 23.7 Å². The molecule has 1 heterocycles. The topological polar surface area (TPSA) is 56.0 Å². The van der Waals surface area contributed by atoms with Crippen LogP contribution in [0.3, 0.4) is 0 Å². The molecule has 86 valence electrons. The van der Waals surface area contributed by atoms with Crippen molar-refractivity contribution in [2.75, 3.05) is 0 Å². The summed E-state index contributed by atoms with van der Waals surface area (Å²) in [6, 6.07) is 8.17. The van der Waals surface area contributed by atoms with Crippen molar-refractivity contribution in [3.63, 3.8) is 0 Å². The average Bonchev–Trinajstić information content (AvgIpc) is 2.30. The maximum Gasteiger partial charge on any atom is 0.296 e. The van der Waals surface area contributed by atoms with Crippen LogP contribution in [0.5, 0.6) is 0 Å². The van der Waals surface area contributed by atoms with Gasteiger partial charge in [0.25, 0.3) is 5.69 Å². The van der Waals surface area contributed by atoms with Gasteiger partial charge in [-0.15, -0.1) is 0 Å². The standard InChI is InChI=1S/C11H6BrClN2O2/c12-8-5-10(15(16)17)11(14-6-8)7-1-3-9(13)4-2-7/h1-6H. The van der Waals surface area contributed by atoms with Gasteiger partial charge in [0.2, 0.25) is 0 Å². The fourth-order valence-electron chi connectivity index (χ4n) is 1.40. The van der Waals surface area contributed by atoms with Gasteiger partial charge in [-0.3, -0.25) is 10.1 Å². The van der Waals surface area contributed by atoms with Gasteiger partial charge in [-0.25, -0.2) is 4.98 Å². The predicted molar refractivity (Wildman–Crippen MR) is 69.0 cm³/mol. The lowest BCUT2D eigenvalue weighted by atomic mass is 10.1. The van der Waals surface area contributed by atoms with Gasteiger partial charge in [-0.05, 0) is 28.1 Å². The number of nitrogens with zero attached hydrogens (tertiary/aromatic N) is 2. The van der Waals surface area contributed by atoms with Crippen molar-refractivity contribution in [3.8, 4) is 11.3 Å². The molecule has 2 rings (SSSR count). The molecule has 0 bridgehead atoms. The molecule has 4 nitrogen and oxygen atoms in total. The Hall–Kier alpha value is -1.46. The van der Waals surface area contributed by atoms with Gasteiger partial charge in [0.05, 0.1) is 4.92 Å². The molecule has 0 fully saturated rings. The fraction of sp³-hybridized carbons (Fsp3) is 0. The molecule has 0 amide bonds. The first kappa shape index (κ1) is 12.0. The van der Waals surface area contributed by atoms with Crippen LogP contribution >= 0.6 is 27.5 Å². The van der Waals surface area contributed by atoms with Crippen LogP contribution in [0.2, 0.25) is 5.02 Å². The summed E-state index contributed by atoms with van der Waals surface area (Å²) in [5.74, 6) is 0. The van der Waals surface area contributed by atoms with Crippen molar-refractivity contribution in [3.05, 3.63) is 56.1 Å². The van der Waals surface area contributed by atoms with E-state index in [0.29, 0.717) is 20.8 Å². The Morgan fingerprint density at radius 3 is 2.53 bits per heavy atom. The summed E-state index contributed by atoms with van der Waals surface area (Å²) < 4.78 is 0.571. The molecule has 0 N–H and O–H groups in total. The Morgan fingerprint density at radius 2 is 1.94 bits per heavy atom. The molecule has 0 spiro atoms. The second-order valence-electron chi connectivity index (χ2n) is 3.29. The molecular weight excluding hydrogens is 307 g/mol. The van der Waals surface area contributed by atoms with Crippen LogP contribution in [0.4, 0.5) is 5.69 Å². The number of hydrogen-bond acceptors (Lipinski definition) is 3. The van der Waals surface area contributed by atoms with Crippen LogP contribution in [0.25, 0.3) is 11.3 Å². The maximum absolute atomic E-state index is 10.9. The van der Waals surface area contributed by atoms with Crippen molar-refractivity contribution in [2.45, 2.75) is 0 Å². The van der Waals surface area contributed by atoms with Gasteiger partial charge in [0.1, 0.15) is 5.69 Å². The predicted octanol–water partition coefficient (Wildman–Crippen LogP) is 4.07. The van der Waals surface area contributed by atoms with E-state index in [9.17, 15) is 10.1 Å². The molecule has 0 atom stereocenters. The number of halogens is 2. The first-order valence-electron chi connectivity index (χ1n) is 4.64. The lowest BCUT2D eigenvalue weighted by Gasteiger charge is -2.02. The van der Waals surface area contributed by atoms with Crippen molar-refractivity contribution in [2.24, 2.45) is 0 Å². The van der Waals surface area contributed by atoms with Crippen LogP contribution in [-0.2, 0) is 0 Å². The normalized spacial score (nSPS) is 10.2. The van der Waals surface area contributed by atoms with E-state index in [4.69, 9.17) is 11.6 Å². The highest BCUT2D eigenvalue weighted by atomic mass is 79.9. The van der Waals surface area contributed by atoms with Gasteiger partial charge in [0, 0.05) is 27.3 Å². The third kappa shape index (κ3) is 2.62. The van der Waals surface area contributed by atoms with E-state index in [1.165, 1.54) is 12.3 Å². The zero-order valence-corrected chi connectivity index (χ0v) is 10.8. The highest BCUT2D eigenvalue weighted by Crippen LogP contribution is 2.30. The summed E-state index contributed by atoms with van der Waals surface area (Å²) in [7, 11) is 0. The van der Waals surface area contributed by atoms with Crippen molar-refractivity contribution in [1.82, 2.24) is 4.98 Å². The molecule has 0 saturated heterocycles. The summed E-state index contributed by atoms with van der Waals surface area (Å²) >= 11 is 8.93. The summed E-state index contributed by atoms with van der Waals surface area (Å²) in [6.45, 7) is 0. The Balaban J connectivity index is 2.58. The van der Waals surface area contributed by atoms with E-state index in [1.807, 2.05) is 0 Å². The molecule has 17 heavy (non-hydrogen) atoms. The zero-order chi connectivity index (χ0) is 12.4. The molecule has 0 aliphatic rings. The Labute approximate surface area is 111 Å². The molecule has 1 aromatic carbocycles. The number of benzene rings is 1. The van der Waals surface area contributed by atoms with Crippen molar-refractivity contribution in [1.29, 1.82) is 0 Å². The summed E-state index contributed by atoms with van der Waals surface area (Å²) in [6.07, 6.45) is 1.52. The van der Waals surface area contributed by atoms with Gasteiger partial charge in [-0.2, -0.15) is 0 Å². The quantitative estimate of drug-likeness (QED) is 0.620. The fourth-order valence-corrected chi connectivity index (χ4v) is 1.84. The molecule has 0 aliphatic heterocycles. The molecule has 6 heteroatoms. The third-order valence-electron chi connectivity index (χ3n) is 2.15. The van der Waals surface area contributed by atoms with Gasteiger partial charge >= 0.3 is 0 Å². The van der Waals surface area contributed by atoms with Crippen LogP contribution in [-0.4, -0.2) is 9.91 Å². The lowest BCUT2D eigenvalue weighted by Crippen LogP contribution is -1.94. The first-order valence-corrected chi connectivity index (χ1v) is 5.81. The zero-order valence-electron chi connectivity index (χ0n) is 8.43. The van der Waals surface area contributed by atoms with Crippen molar-refractivity contribution < 1.29 is 4.92 Å². The smallest absolute Gasteiger partial charge is 0.258 e. The molecule has 1 aromatic heterocycles. The van der Waals surface area contributed by atoms with E-state index >= 15 is 0 Å². The highest BCUT2D eigenvalue weighted by Gasteiger charge is 2.17. The lowest BCUT2D eigenvalue weighted by molar-refractivity contribution is -0.384. The number of hydrogen-bond donors (Lipinski definition) is 0. The summed E-state index contributed by atoms with van der Waals surface area (Å²) in [5, 5.41) is 11.5. The van der Waals surface area contributed by atoms with E-state index in [1.54, 1.807) is 24.3 Å².